The second kappa shape index (κ2) is 8.26. The van der Waals surface area contributed by atoms with E-state index in [1.54, 1.807) is 34.9 Å². The number of aryl methyl sites for hydroxylation is 1. The fourth-order valence-electron chi connectivity index (χ4n) is 3.70. The Morgan fingerprint density at radius 1 is 1.16 bits per heavy atom. The molecule has 1 fully saturated rings. The summed E-state index contributed by atoms with van der Waals surface area (Å²) in [6.07, 6.45) is 3.67. The third kappa shape index (κ3) is 4.69. The summed E-state index contributed by atoms with van der Waals surface area (Å²) in [7, 11) is -3.26. The number of nitrogens with zero attached hydrogens (tertiary/aromatic N) is 2. The number of carbonyl (C=O) groups excluding carboxylic acids is 1. The van der Waals surface area contributed by atoms with Crippen LogP contribution in [-0.2, 0) is 21.1 Å². The molecule has 1 N–H and O–H groups in total. The summed E-state index contributed by atoms with van der Waals surface area (Å²) in [6.45, 7) is 1.85. The van der Waals surface area contributed by atoms with Crippen LogP contribution < -0.4 is 10.9 Å². The fourth-order valence-corrected chi connectivity index (χ4v) is 4.33. The number of nitrogens with one attached hydrogen (secondary N) is 1. The zero-order valence-electron chi connectivity index (χ0n) is 17.5. The molecule has 3 aromatic rings. The molecular formula is C23H25N3O4S. The number of fused-ring (bicyclic) bond motifs is 1. The Kier molecular flexibility index (Phi) is 5.66. The quantitative estimate of drug-likeness (QED) is 0.610. The van der Waals surface area contributed by atoms with Gasteiger partial charge in [-0.3, -0.25) is 14.2 Å². The van der Waals surface area contributed by atoms with Gasteiger partial charge in [0.15, 0.2) is 9.84 Å². The zero-order chi connectivity index (χ0) is 22.2. The number of para-hydroxylation sites is 1. The molecule has 0 aliphatic heterocycles. The van der Waals surface area contributed by atoms with Crippen LogP contribution >= 0.6 is 0 Å². The maximum absolute atomic E-state index is 12.9. The molecule has 0 radical (unpaired) electrons. The van der Waals surface area contributed by atoms with E-state index in [9.17, 15) is 18.0 Å². The van der Waals surface area contributed by atoms with Crippen molar-refractivity contribution in [1.82, 2.24) is 14.9 Å². The van der Waals surface area contributed by atoms with Crippen LogP contribution in [0, 0.1) is 0 Å². The van der Waals surface area contributed by atoms with Crippen LogP contribution in [0.3, 0.4) is 0 Å². The lowest BCUT2D eigenvalue weighted by Gasteiger charge is -2.16. The Labute approximate surface area is 181 Å². The lowest BCUT2D eigenvalue weighted by Crippen LogP contribution is -2.29. The maximum atomic E-state index is 12.9. The minimum absolute atomic E-state index is 0.0390. The summed E-state index contributed by atoms with van der Waals surface area (Å²) in [5.74, 6) is 0.496. The summed E-state index contributed by atoms with van der Waals surface area (Å²) in [5, 5.41) is 3.54. The molecule has 0 spiro atoms. The molecule has 1 unspecified atom stereocenters. The van der Waals surface area contributed by atoms with Gasteiger partial charge in [0.25, 0.3) is 5.56 Å². The molecule has 1 aliphatic rings. The van der Waals surface area contributed by atoms with Crippen LogP contribution in [0.4, 0.5) is 0 Å². The molecular weight excluding hydrogens is 414 g/mol. The highest BCUT2D eigenvalue weighted by Crippen LogP contribution is 2.34. The van der Waals surface area contributed by atoms with Crippen molar-refractivity contribution in [2.24, 2.45) is 0 Å². The average molecular weight is 440 g/mol. The SMILES string of the molecule is CC(NC(=O)CCc1nc2ccccc2c(=O)n1C1CC1)c1ccc(S(C)(=O)=O)cc1. The van der Waals surface area contributed by atoms with Crippen LogP contribution in [0.1, 0.15) is 49.7 Å². The first-order valence-corrected chi connectivity index (χ1v) is 12.2. The second-order valence-corrected chi connectivity index (χ2v) is 10.1. The van der Waals surface area contributed by atoms with Crippen molar-refractivity contribution in [2.45, 2.75) is 49.6 Å². The van der Waals surface area contributed by atoms with Gasteiger partial charge in [0.05, 0.1) is 21.8 Å². The van der Waals surface area contributed by atoms with E-state index in [-0.39, 0.29) is 34.9 Å². The number of benzene rings is 2. The Hall–Kier alpha value is -3.00. The third-order valence-corrected chi connectivity index (χ3v) is 6.68. The topological polar surface area (TPSA) is 98.1 Å². The first-order valence-electron chi connectivity index (χ1n) is 10.3. The van der Waals surface area contributed by atoms with E-state index in [1.807, 2.05) is 25.1 Å². The summed E-state index contributed by atoms with van der Waals surface area (Å²) >= 11 is 0. The molecule has 2 aromatic carbocycles. The van der Waals surface area contributed by atoms with Gasteiger partial charge in [-0.2, -0.15) is 0 Å². The predicted octanol–water partition coefficient (Wildman–Crippen LogP) is 2.94. The van der Waals surface area contributed by atoms with Gasteiger partial charge in [-0.15, -0.1) is 0 Å². The molecule has 1 amide bonds. The molecule has 1 saturated carbocycles. The van der Waals surface area contributed by atoms with E-state index < -0.39 is 9.84 Å². The van der Waals surface area contributed by atoms with Crippen LogP contribution in [-0.4, -0.2) is 30.1 Å². The predicted molar refractivity (Wildman–Crippen MR) is 119 cm³/mol. The van der Waals surface area contributed by atoms with Crippen LogP contribution in [0.15, 0.2) is 58.2 Å². The van der Waals surface area contributed by atoms with E-state index in [0.29, 0.717) is 23.1 Å². The van der Waals surface area contributed by atoms with Gasteiger partial charge in [-0.25, -0.2) is 13.4 Å². The molecule has 162 valence electrons. The number of aromatic nitrogens is 2. The number of hydrogen-bond acceptors (Lipinski definition) is 5. The van der Waals surface area contributed by atoms with Crippen molar-refractivity contribution in [1.29, 1.82) is 0 Å². The summed E-state index contributed by atoms with van der Waals surface area (Å²) in [4.78, 5) is 30.4. The Morgan fingerprint density at radius 3 is 2.48 bits per heavy atom. The lowest BCUT2D eigenvalue weighted by atomic mass is 10.1. The molecule has 31 heavy (non-hydrogen) atoms. The van der Waals surface area contributed by atoms with Crippen LogP contribution in [0.25, 0.3) is 10.9 Å². The highest BCUT2D eigenvalue weighted by atomic mass is 32.2. The van der Waals surface area contributed by atoms with Gasteiger partial charge in [-0.1, -0.05) is 24.3 Å². The number of sulfone groups is 1. The highest BCUT2D eigenvalue weighted by molar-refractivity contribution is 7.90. The standard InChI is InChI=1S/C23H25N3O4S/c1-15(16-7-11-18(12-8-16)31(2,29)30)24-22(27)14-13-21-25-20-6-4-3-5-19(20)23(28)26(21)17-9-10-17/h3-8,11-12,15,17H,9-10,13-14H2,1-2H3,(H,24,27). The number of amides is 1. The summed E-state index contributed by atoms with van der Waals surface area (Å²) < 4.78 is 24.9. The monoisotopic (exact) mass is 439 g/mol. The molecule has 1 atom stereocenters. The Balaban J connectivity index is 1.46. The molecule has 7 nitrogen and oxygen atoms in total. The molecule has 1 aliphatic carbocycles. The van der Waals surface area contributed by atoms with Crippen molar-refractivity contribution in [3.05, 3.63) is 70.3 Å². The third-order valence-electron chi connectivity index (χ3n) is 5.55. The summed E-state index contributed by atoms with van der Waals surface area (Å²) in [6, 6.07) is 13.7. The molecule has 0 bridgehead atoms. The van der Waals surface area contributed by atoms with Gasteiger partial charge >= 0.3 is 0 Å². The van der Waals surface area contributed by atoms with Crippen molar-refractivity contribution in [2.75, 3.05) is 6.26 Å². The van der Waals surface area contributed by atoms with E-state index in [0.717, 1.165) is 24.7 Å². The van der Waals surface area contributed by atoms with Crippen LogP contribution in [0.5, 0.6) is 0 Å². The van der Waals surface area contributed by atoms with Crippen molar-refractivity contribution >= 4 is 26.6 Å². The minimum atomic E-state index is -3.26. The van der Waals surface area contributed by atoms with Gasteiger partial charge < -0.3 is 5.32 Å². The van der Waals surface area contributed by atoms with Gasteiger partial charge in [-0.05, 0) is 49.6 Å². The second-order valence-electron chi connectivity index (χ2n) is 8.08. The van der Waals surface area contributed by atoms with E-state index in [4.69, 9.17) is 0 Å². The molecule has 0 saturated heterocycles. The van der Waals surface area contributed by atoms with E-state index >= 15 is 0 Å². The lowest BCUT2D eigenvalue weighted by molar-refractivity contribution is -0.121. The molecule has 8 heteroatoms. The largest absolute Gasteiger partial charge is 0.350 e. The van der Waals surface area contributed by atoms with Crippen molar-refractivity contribution in [3.8, 4) is 0 Å². The molecule has 1 heterocycles. The summed E-state index contributed by atoms with van der Waals surface area (Å²) in [5.41, 5.74) is 1.43. The number of carbonyl (C=O) groups is 1. The van der Waals surface area contributed by atoms with Crippen molar-refractivity contribution in [3.63, 3.8) is 0 Å². The highest BCUT2D eigenvalue weighted by Gasteiger charge is 2.28. The Morgan fingerprint density at radius 2 is 1.84 bits per heavy atom. The number of rotatable bonds is 7. The number of hydrogen-bond donors (Lipinski definition) is 1. The Bertz CT molecular complexity index is 1290. The first-order chi connectivity index (χ1) is 14.7. The van der Waals surface area contributed by atoms with Gasteiger partial charge in [0.1, 0.15) is 5.82 Å². The van der Waals surface area contributed by atoms with Gasteiger partial charge in [0.2, 0.25) is 5.91 Å². The first kappa shape index (κ1) is 21.2. The van der Waals surface area contributed by atoms with Crippen molar-refractivity contribution < 1.29 is 13.2 Å². The van der Waals surface area contributed by atoms with E-state index in [2.05, 4.69) is 10.3 Å². The molecule has 1 aromatic heterocycles. The zero-order valence-corrected chi connectivity index (χ0v) is 18.4. The minimum Gasteiger partial charge on any atom is -0.350 e. The normalized spacial score (nSPS) is 15.0. The maximum Gasteiger partial charge on any atom is 0.261 e. The smallest absolute Gasteiger partial charge is 0.261 e. The van der Waals surface area contributed by atoms with Gasteiger partial charge in [0, 0.05) is 25.1 Å². The van der Waals surface area contributed by atoms with E-state index in [1.165, 1.54) is 0 Å². The van der Waals surface area contributed by atoms with Crippen LogP contribution in [0.2, 0.25) is 0 Å². The average Bonchev–Trinajstić information content (AvgIpc) is 3.57. The molecule has 4 rings (SSSR count). The fraction of sp³-hybridized carbons (Fsp3) is 0.348.